The fourth-order valence-electron chi connectivity index (χ4n) is 2.01. The van der Waals surface area contributed by atoms with Crippen LogP contribution < -0.4 is 4.90 Å². The molecule has 0 heterocycles. The van der Waals surface area contributed by atoms with Crippen LogP contribution in [0.3, 0.4) is 0 Å². The van der Waals surface area contributed by atoms with Crippen molar-refractivity contribution in [1.29, 1.82) is 0 Å². The predicted molar refractivity (Wildman–Crippen MR) is 156 cm³/mol. The molecule has 0 aromatic heterocycles. The number of hydrogen-bond acceptors (Lipinski definition) is 5. The third kappa shape index (κ3) is 20.7. The molecule has 2 rings (SSSR count). The lowest BCUT2D eigenvalue weighted by molar-refractivity contribution is -0.132. The van der Waals surface area contributed by atoms with Gasteiger partial charge >= 0.3 is 5.97 Å². The Morgan fingerprint density at radius 1 is 0.824 bits per heavy atom. The van der Waals surface area contributed by atoms with Gasteiger partial charge in [-0.15, -0.1) is 0 Å². The number of likely N-dealkylation sites (N-methyl/N-ethyl adjacent to an activating group) is 1. The van der Waals surface area contributed by atoms with Crippen molar-refractivity contribution in [3.63, 3.8) is 0 Å². The van der Waals surface area contributed by atoms with Gasteiger partial charge in [-0.25, -0.2) is 4.79 Å². The quantitative estimate of drug-likeness (QED) is 0.272. The van der Waals surface area contributed by atoms with Gasteiger partial charge in [0.15, 0.2) is 0 Å². The summed E-state index contributed by atoms with van der Waals surface area (Å²) in [7, 11) is -0.415. The first-order chi connectivity index (χ1) is 16.6. The fourth-order valence-corrected chi connectivity index (χ4v) is 2.61. The number of halogens is 1. The third-order valence-electron chi connectivity index (χ3n) is 3.14. The van der Waals surface area contributed by atoms with E-state index in [1.54, 1.807) is 4.90 Å². The molecule has 0 amide bonds. The lowest BCUT2D eigenvalue weighted by Gasteiger charge is -2.22. The largest absolute Gasteiger partial charge is 0.408 e. The molecular formula is C26H48FN3O2P2. The number of hydrogen-bond donors (Lipinski definition) is 0. The van der Waals surface area contributed by atoms with E-state index in [1.807, 2.05) is 140 Å². The van der Waals surface area contributed by atoms with Gasteiger partial charge in [0.25, 0.3) is 8.15 Å². The third-order valence-corrected chi connectivity index (χ3v) is 3.84. The van der Waals surface area contributed by atoms with Gasteiger partial charge in [-0.2, -0.15) is 14.4 Å². The molecule has 2 aromatic carbocycles. The molecular weight excluding hydrogens is 467 g/mol. The maximum absolute atomic E-state index is 12.7. The number of rotatable bonds is 7. The second kappa shape index (κ2) is 31.1. The average molecular weight is 516 g/mol. The van der Waals surface area contributed by atoms with Crippen molar-refractivity contribution in [2.45, 2.75) is 76.2 Å². The average Bonchev–Trinajstić information content (AvgIpc) is 2.92. The summed E-state index contributed by atoms with van der Waals surface area (Å²) in [6, 6.07) is 16.8. The number of carbonyl (C=O) groups excluding carboxylic acids is 1. The number of azo groups is 1. The molecule has 0 fully saturated rings. The molecule has 2 unspecified atom stereocenters. The molecule has 0 aliphatic carbocycles. The molecule has 0 aliphatic rings. The van der Waals surface area contributed by atoms with Gasteiger partial charge in [0.1, 0.15) is 6.54 Å². The lowest BCUT2D eigenvalue weighted by Crippen LogP contribution is -2.29. The Kier molecular flexibility index (Phi) is 36.0. The number of nitrogens with zero attached hydrogens (tertiary/aromatic N) is 3. The summed E-state index contributed by atoms with van der Waals surface area (Å²) >= 11 is 0. The van der Waals surface area contributed by atoms with Gasteiger partial charge in [0, 0.05) is 12.2 Å². The van der Waals surface area contributed by atoms with Crippen LogP contribution in [0, 0.1) is 0 Å². The minimum Gasteiger partial charge on any atom is -0.408 e. The minimum atomic E-state index is -2.26. The van der Waals surface area contributed by atoms with E-state index in [2.05, 4.69) is 14.8 Å². The highest BCUT2D eigenvalue weighted by atomic mass is 32.0. The SMILES string of the molecule is CC.CC.CC.CC.CC.CCN(CC(=O)OP(F)P)c1ccc(N=Nc2ccccc2)cc1. The van der Waals surface area contributed by atoms with Crippen LogP contribution >= 0.6 is 17.1 Å². The second-order valence-electron chi connectivity index (χ2n) is 4.80. The van der Waals surface area contributed by atoms with Crippen molar-refractivity contribution in [2.75, 3.05) is 18.0 Å². The van der Waals surface area contributed by atoms with Crippen LogP contribution in [-0.4, -0.2) is 19.1 Å². The van der Waals surface area contributed by atoms with Crippen LogP contribution in [-0.2, 0) is 9.32 Å². The molecule has 2 aromatic rings. The van der Waals surface area contributed by atoms with E-state index in [0.29, 0.717) is 12.2 Å². The van der Waals surface area contributed by atoms with E-state index in [4.69, 9.17) is 0 Å². The van der Waals surface area contributed by atoms with E-state index < -0.39 is 14.1 Å². The molecule has 34 heavy (non-hydrogen) atoms. The van der Waals surface area contributed by atoms with Gasteiger partial charge in [0.2, 0.25) is 0 Å². The first kappa shape index (κ1) is 39.3. The molecule has 0 saturated carbocycles. The summed E-state index contributed by atoms with van der Waals surface area (Å²) in [6.07, 6.45) is 0. The molecule has 0 bridgehead atoms. The van der Waals surface area contributed by atoms with E-state index >= 15 is 0 Å². The van der Waals surface area contributed by atoms with Gasteiger partial charge < -0.3 is 9.42 Å². The Hall–Kier alpha value is -1.90. The maximum atomic E-state index is 12.7. The second-order valence-corrected chi connectivity index (χ2v) is 6.75. The number of anilines is 1. The van der Waals surface area contributed by atoms with Crippen molar-refractivity contribution in [2.24, 2.45) is 10.2 Å². The number of benzene rings is 2. The standard InChI is InChI=1S/C16H18FN3O2P2.5C2H6/c1-2-20(12-16(21)22-24(17)23)15-10-8-14(9-11-15)19-18-13-6-4-3-5-7-13;5*1-2/h3-11H,2,12,23H2,1H3;5*1-2H3. The first-order valence-corrected chi connectivity index (χ1v) is 15.1. The first-order valence-electron chi connectivity index (χ1n) is 12.3. The summed E-state index contributed by atoms with van der Waals surface area (Å²) < 4.78 is 17.3. The summed E-state index contributed by atoms with van der Waals surface area (Å²) in [5.74, 6) is -0.590. The molecule has 0 saturated heterocycles. The summed E-state index contributed by atoms with van der Waals surface area (Å²) in [6.45, 7) is 22.5. The summed E-state index contributed by atoms with van der Waals surface area (Å²) in [5.41, 5.74) is 2.32. The van der Waals surface area contributed by atoms with Gasteiger partial charge in [-0.05, 0) is 52.3 Å². The monoisotopic (exact) mass is 515 g/mol. The van der Waals surface area contributed by atoms with Crippen LogP contribution in [0.2, 0.25) is 0 Å². The highest BCUT2D eigenvalue weighted by Gasteiger charge is 2.14. The van der Waals surface area contributed by atoms with Crippen LogP contribution in [0.15, 0.2) is 64.8 Å². The normalized spacial score (nSPS) is 9.44. The molecule has 2 atom stereocenters. The highest BCUT2D eigenvalue weighted by Crippen LogP contribution is 2.47. The maximum Gasteiger partial charge on any atom is 0.330 e. The van der Waals surface area contributed by atoms with Crippen molar-refractivity contribution in [3.8, 4) is 0 Å². The zero-order valence-corrected chi connectivity index (χ0v) is 25.2. The summed E-state index contributed by atoms with van der Waals surface area (Å²) in [5, 5.41) is 8.32. The van der Waals surface area contributed by atoms with Gasteiger partial charge in [-0.3, -0.25) is 0 Å². The van der Waals surface area contributed by atoms with Crippen LogP contribution in [0.4, 0.5) is 21.3 Å². The van der Waals surface area contributed by atoms with E-state index in [0.717, 1.165) is 11.4 Å². The van der Waals surface area contributed by atoms with Crippen molar-refractivity contribution in [1.82, 2.24) is 0 Å². The summed E-state index contributed by atoms with van der Waals surface area (Å²) in [4.78, 5) is 13.4. The molecule has 0 N–H and O–H groups in total. The Labute approximate surface area is 212 Å². The Morgan fingerprint density at radius 2 is 1.24 bits per heavy atom. The van der Waals surface area contributed by atoms with E-state index in [-0.39, 0.29) is 6.54 Å². The van der Waals surface area contributed by atoms with Crippen LogP contribution in [0.1, 0.15) is 76.2 Å². The molecule has 5 nitrogen and oxygen atoms in total. The van der Waals surface area contributed by atoms with E-state index in [9.17, 15) is 8.99 Å². The Bertz CT molecular complexity index is 686. The zero-order chi connectivity index (χ0) is 27.4. The molecule has 196 valence electrons. The van der Waals surface area contributed by atoms with Crippen molar-refractivity contribution in [3.05, 3.63) is 54.6 Å². The van der Waals surface area contributed by atoms with Crippen molar-refractivity contribution < 1.29 is 13.5 Å². The van der Waals surface area contributed by atoms with Crippen molar-refractivity contribution >= 4 is 40.1 Å². The Balaban J connectivity index is -0.000000398. The van der Waals surface area contributed by atoms with Gasteiger partial charge in [-0.1, -0.05) is 87.4 Å². The topological polar surface area (TPSA) is 54.3 Å². The minimum absolute atomic E-state index is 0.00146. The lowest BCUT2D eigenvalue weighted by atomic mass is 10.2. The molecule has 0 radical (unpaired) electrons. The van der Waals surface area contributed by atoms with E-state index in [1.165, 1.54) is 0 Å². The number of carbonyl (C=O) groups is 1. The van der Waals surface area contributed by atoms with Crippen LogP contribution in [0.5, 0.6) is 0 Å². The molecule has 8 heteroatoms. The fraction of sp³-hybridized carbons (Fsp3) is 0.500. The zero-order valence-electron chi connectivity index (χ0n) is 23.2. The highest BCUT2D eigenvalue weighted by molar-refractivity contribution is 8.08. The Morgan fingerprint density at radius 3 is 1.62 bits per heavy atom. The van der Waals surface area contributed by atoms with Crippen LogP contribution in [0.25, 0.3) is 0 Å². The molecule has 0 aliphatic heterocycles. The smallest absolute Gasteiger partial charge is 0.330 e. The predicted octanol–water partition coefficient (Wildman–Crippen LogP) is 10.7. The molecule has 0 spiro atoms. The van der Waals surface area contributed by atoms with Gasteiger partial charge in [0.05, 0.1) is 11.4 Å².